The van der Waals surface area contributed by atoms with Crippen LogP contribution in [0.25, 0.3) is 0 Å². The van der Waals surface area contributed by atoms with E-state index >= 15 is 0 Å². The molecule has 1 N–H and O–H groups in total. The molecule has 0 aromatic heterocycles. The van der Waals surface area contributed by atoms with Crippen LogP contribution >= 0.6 is 0 Å². The molecule has 4 nitrogen and oxygen atoms in total. The Kier molecular flexibility index (Phi) is 4.69. The predicted octanol–water partition coefficient (Wildman–Crippen LogP) is 3.81. The van der Waals surface area contributed by atoms with Gasteiger partial charge >= 0.3 is 6.09 Å². The second-order valence-electron chi connectivity index (χ2n) is 7.48. The summed E-state index contributed by atoms with van der Waals surface area (Å²) >= 11 is 0. The highest BCUT2D eigenvalue weighted by Gasteiger charge is 2.24. The molecule has 0 saturated carbocycles. The number of nitrogens with one attached hydrogen (secondary N) is 1. The van der Waals surface area contributed by atoms with E-state index in [0.29, 0.717) is 6.54 Å². The normalized spacial score (nSPS) is 14.2. The van der Waals surface area contributed by atoms with E-state index in [1.165, 1.54) is 11.1 Å². The van der Waals surface area contributed by atoms with Crippen molar-refractivity contribution < 1.29 is 14.3 Å². The van der Waals surface area contributed by atoms with Crippen LogP contribution in [-0.4, -0.2) is 24.8 Å². The van der Waals surface area contributed by atoms with Gasteiger partial charge in [0.1, 0.15) is 11.4 Å². The van der Waals surface area contributed by atoms with Crippen LogP contribution in [0.5, 0.6) is 5.75 Å². The smallest absolute Gasteiger partial charge is 0.407 e. The van der Waals surface area contributed by atoms with Crippen molar-refractivity contribution in [2.75, 3.05) is 13.2 Å². The first-order chi connectivity index (χ1) is 10.2. The molecule has 0 bridgehead atoms. The van der Waals surface area contributed by atoms with Crippen LogP contribution in [-0.2, 0) is 16.6 Å². The van der Waals surface area contributed by atoms with Gasteiger partial charge in [-0.05, 0) is 49.8 Å². The lowest BCUT2D eigenvalue weighted by molar-refractivity contribution is 0.0525. The average molecular weight is 305 g/mol. The molecule has 0 unspecified atom stereocenters. The Hall–Kier alpha value is -1.71. The Bertz CT molecular complexity index is 544. The van der Waals surface area contributed by atoms with Gasteiger partial charge in [0.25, 0.3) is 0 Å². The van der Waals surface area contributed by atoms with Crippen molar-refractivity contribution in [2.24, 2.45) is 0 Å². The molecule has 1 heterocycles. The summed E-state index contributed by atoms with van der Waals surface area (Å²) in [7, 11) is 0. The van der Waals surface area contributed by atoms with E-state index in [1.807, 2.05) is 20.8 Å². The largest absolute Gasteiger partial charge is 0.493 e. The quantitative estimate of drug-likeness (QED) is 0.920. The van der Waals surface area contributed by atoms with Crippen molar-refractivity contribution >= 4 is 6.09 Å². The molecule has 0 atom stereocenters. The van der Waals surface area contributed by atoms with Gasteiger partial charge in [0.2, 0.25) is 0 Å². The lowest BCUT2D eigenvalue weighted by atomic mass is 9.81. The topological polar surface area (TPSA) is 47.6 Å². The van der Waals surface area contributed by atoms with Crippen LogP contribution in [0.3, 0.4) is 0 Å². The third-order valence-corrected chi connectivity index (χ3v) is 3.89. The Morgan fingerprint density at radius 1 is 1.27 bits per heavy atom. The minimum Gasteiger partial charge on any atom is -0.493 e. The summed E-state index contributed by atoms with van der Waals surface area (Å²) in [6, 6.07) is 6.41. The summed E-state index contributed by atoms with van der Waals surface area (Å²) < 4.78 is 10.8. The molecular formula is C18H27NO3. The Balaban J connectivity index is 1.90. The third-order valence-electron chi connectivity index (χ3n) is 3.89. The molecule has 1 aromatic rings. The molecule has 122 valence electrons. The number of ether oxygens (including phenoxy) is 2. The number of amides is 1. The molecule has 22 heavy (non-hydrogen) atoms. The van der Waals surface area contributed by atoms with E-state index in [-0.39, 0.29) is 11.5 Å². The van der Waals surface area contributed by atoms with Crippen LogP contribution < -0.4 is 10.1 Å². The van der Waals surface area contributed by atoms with E-state index in [2.05, 4.69) is 37.4 Å². The molecule has 1 aliphatic rings. The summed E-state index contributed by atoms with van der Waals surface area (Å²) in [6.45, 7) is 11.4. The zero-order valence-electron chi connectivity index (χ0n) is 14.3. The summed E-state index contributed by atoms with van der Waals surface area (Å²) in [5.41, 5.74) is 2.10. The maximum Gasteiger partial charge on any atom is 0.407 e. The molecule has 0 spiro atoms. The standard InChI is InChI=1S/C18H27NO3/c1-17(2,3)22-16(20)19-10-9-18(4,5)14-6-7-15-13(12-14)8-11-21-15/h6-7,12H,8-11H2,1-5H3,(H,19,20). The molecule has 0 saturated heterocycles. The van der Waals surface area contributed by atoms with Crippen LogP contribution in [0.1, 0.15) is 52.2 Å². The predicted molar refractivity (Wildman–Crippen MR) is 87.5 cm³/mol. The number of benzene rings is 1. The summed E-state index contributed by atoms with van der Waals surface area (Å²) in [5.74, 6) is 1.01. The van der Waals surface area contributed by atoms with Crippen molar-refractivity contribution in [3.05, 3.63) is 29.3 Å². The summed E-state index contributed by atoms with van der Waals surface area (Å²) in [4.78, 5) is 11.7. The number of alkyl carbamates (subject to hydrolysis) is 1. The first-order valence-corrected chi connectivity index (χ1v) is 7.90. The van der Waals surface area contributed by atoms with Gasteiger partial charge in [0, 0.05) is 13.0 Å². The number of fused-ring (bicyclic) bond motifs is 1. The average Bonchev–Trinajstić information content (AvgIpc) is 2.83. The van der Waals surface area contributed by atoms with Crippen molar-refractivity contribution in [3.63, 3.8) is 0 Å². The van der Waals surface area contributed by atoms with Crippen molar-refractivity contribution in [1.29, 1.82) is 0 Å². The molecule has 0 radical (unpaired) electrons. The zero-order chi connectivity index (χ0) is 16.4. The van der Waals surface area contributed by atoms with Gasteiger partial charge in [0.15, 0.2) is 0 Å². The summed E-state index contributed by atoms with van der Waals surface area (Å²) in [6.07, 6.45) is 1.48. The van der Waals surface area contributed by atoms with Crippen molar-refractivity contribution in [1.82, 2.24) is 5.32 Å². The Labute approximate surface area is 133 Å². The number of carbonyl (C=O) groups is 1. The van der Waals surface area contributed by atoms with Gasteiger partial charge in [-0.1, -0.05) is 26.0 Å². The Morgan fingerprint density at radius 3 is 2.68 bits per heavy atom. The van der Waals surface area contributed by atoms with Crippen LogP contribution in [0.2, 0.25) is 0 Å². The highest BCUT2D eigenvalue weighted by atomic mass is 16.6. The van der Waals surface area contributed by atoms with E-state index in [4.69, 9.17) is 9.47 Å². The lowest BCUT2D eigenvalue weighted by Crippen LogP contribution is -2.35. The number of hydrogen-bond donors (Lipinski definition) is 1. The molecule has 2 rings (SSSR count). The maximum absolute atomic E-state index is 11.7. The second kappa shape index (κ2) is 6.19. The highest BCUT2D eigenvalue weighted by Crippen LogP contribution is 2.33. The molecule has 1 aromatic carbocycles. The molecule has 0 fully saturated rings. The highest BCUT2D eigenvalue weighted by molar-refractivity contribution is 5.67. The van der Waals surface area contributed by atoms with Gasteiger partial charge in [-0.15, -0.1) is 0 Å². The molecule has 1 amide bonds. The van der Waals surface area contributed by atoms with Gasteiger partial charge in [-0.2, -0.15) is 0 Å². The SMILES string of the molecule is CC(C)(C)OC(=O)NCCC(C)(C)c1ccc2c(c1)CCO2. The molecule has 0 aliphatic carbocycles. The van der Waals surface area contributed by atoms with E-state index in [0.717, 1.165) is 25.2 Å². The lowest BCUT2D eigenvalue weighted by Gasteiger charge is -2.26. The molecule has 1 aliphatic heterocycles. The van der Waals surface area contributed by atoms with Gasteiger partial charge in [0.05, 0.1) is 6.61 Å². The Morgan fingerprint density at radius 2 is 2.00 bits per heavy atom. The van der Waals surface area contributed by atoms with Crippen LogP contribution in [0, 0.1) is 0 Å². The fourth-order valence-corrected chi connectivity index (χ4v) is 2.54. The molecular weight excluding hydrogens is 278 g/mol. The minimum atomic E-state index is -0.459. The maximum atomic E-state index is 11.7. The monoisotopic (exact) mass is 305 g/mol. The number of hydrogen-bond acceptors (Lipinski definition) is 3. The fourth-order valence-electron chi connectivity index (χ4n) is 2.54. The van der Waals surface area contributed by atoms with Crippen molar-refractivity contribution in [2.45, 2.75) is 58.5 Å². The first-order valence-electron chi connectivity index (χ1n) is 7.90. The molecule has 4 heteroatoms. The van der Waals surface area contributed by atoms with Crippen LogP contribution in [0.4, 0.5) is 4.79 Å². The minimum absolute atomic E-state index is 0.00731. The van der Waals surface area contributed by atoms with E-state index in [9.17, 15) is 4.79 Å². The van der Waals surface area contributed by atoms with E-state index in [1.54, 1.807) is 0 Å². The van der Waals surface area contributed by atoms with Gasteiger partial charge in [-0.25, -0.2) is 4.79 Å². The first kappa shape index (κ1) is 16.7. The third kappa shape index (κ3) is 4.39. The van der Waals surface area contributed by atoms with Crippen molar-refractivity contribution in [3.8, 4) is 5.75 Å². The van der Waals surface area contributed by atoms with E-state index < -0.39 is 5.60 Å². The second-order valence-corrected chi connectivity index (χ2v) is 7.48. The zero-order valence-corrected chi connectivity index (χ0v) is 14.3. The van der Waals surface area contributed by atoms with Gasteiger partial charge < -0.3 is 14.8 Å². The fraction of sp³-hybridized carbons (Fsp3) is 0.611. The van der Waals surface area contributed by atoms with Crippen LogP contribution in [0.15, 0.2) is 18.2 Å². The van der Waals surface area contributed by atoms with Gasteiger partial charge in [-0.3, -0.25) is 0 Å². The number of carbonyl (C=O) groups excluding carboxylic acids is 1. The summed E-state index contributed by atoms with van der Waals surface area (Å²) in [5, 5.41) is 2.83. The number of rotatable bonds is 4.